The van der Waals surface area contributed by atoms with Crippen molar-refractivity contribution in [2.75, 3.05) is 4.90 Å². The van der Waals surface area contributed by atoms with Crippen molar-refractivity contribution < 1.29 is 0 Å². The van der Waals surface area contributed by atoms with Crippen molar-refractivity contribution in [1.82, 2.24) is 0 Å². The lowest BCUT2D eigenvalue weighted by atomic mass is 9.81. The first-order valence-electron chi connectivity index (χ1n) is 16.4. The van der Waals surface area contributed by atoms with Gasteiger partial charge >= 0.3 is 0 Å². The molecule has 1 aromatic heterocycles. The Morgan fingerprint density at radius 1 is 0.468 bits per heavy atom. The van der Waals surface area contributed by atoms with Gasteiger partial charge in [-0.15, -0.1) is 11.3 Å². The Bertz CT molecular complexity index is 2720. The van der Waals surface area contributed by atoms with E-state index in [2.05, 4.69) is 170 Å². The molecule has 1 aliphatic rings. The molecule has 0 unspecified atom stereocenters. The van der Waals surface area contributed by atoms with E-state index in [1.54, 1.807) is 0 Å². The maximum Gasteiger partial charge on any atom is 0.0554 e. The van der Waals surface area contributed by atoms with Gasteiger partial charge in [0.1, 0.15) is 0 Å². The Morgan fingerprint density at radius 3 is 2.04 bits per heavy atom. The van der Waals surface area contributed by atoms with E-state index >= 15 is 0 Å². The topological polar surface area (TPSA) is 3.24 Å². The van der Waals surface area contributed by atoms with E-state index in [1.165, 1.54) is 80.4 Å². The van der Waals surface area contributed by atoms with Crippen LogP contribution in [0.1, 0.15) is 25.0 Å². The molecular formula is C45H31NS. The lowest BCUT2D eigenvalue weighted by Crippen LogP contribution is -2.14. The van der Waals surface area contributed by atoms with Crippen LogP contribution in [0, 0.1) is 0 Å². The third-order valence-corrected chi connectivity index (χ3v) is 11.5. The van der Waals surface area contributed by atoms with Crippen LogP contribution in [0.5, 0.6) is 0 Å². The molecule has 0 N–H and O–H groups in total. The third-order valence-electron chi connectivity index (χ3n) is 10.4. The summed E-state index contributed by atoms with van der Waals surface area (Å²) in [6.07, 6.45) is 0. The Hall–Kier alpha value is -5.44. The van der Waals surface area contributed by atoms with Gasteiger partial charge in [0, 0.05) is 37.0 Å². The summed E-state index contributed by atoms with van der Waals surface area (Å²) in [6, 6.07) is 56.3. The van der Waals surface area contributed by atoms with Gasteiger partial charge in [-0.25, -0.2) is 0 Å². The van der Waals surface area contributed by atoms with Crippen molar-refractivity contribution in [3.63, 3.8) is 0 Å². The molecule has 1 heterocycles. The summed E-state index contributed by atoms with van der Waals surface area (Å²) in [5.74, 6) is 0. The second-order valence-corrected chi connectivity index (χ2v) is 14.4. The van der Waals surface area contributed by atoms with Crippen molar-refractivity contribution in [3.8, 4) is 11.1 Å². The lowest BCUT2D eigenvalue weighted by molar-refractivity contribution is 0.661. The highest BCUT2D eigenvalue weighted by molar-refractivity contribution is 7.26. The molecule has 1 nitrogen and oxygen atoms in total. The van der Waals surface area contributed by atoms with Gasteiger partial charge in [0.25, 0.3) is 0 Å². The van der Waals surface area contributed by atoms with E-state index in [0.29, 0.717) is 0 Å². The van der Waals surface area contributed by atoms with Gasteiger partial charge in [-0.2, -0.15) is 0 Å². The first-order chi connectivity index (χ1) is 23.1. The van der Waals surface area contributed by atoms with Gasteiger partial charge in [-0.3, -0.25) is 0 Å². The number of para-hydroxylation sites is 1. The zero-order valence-corrected chi connectivity index (χ0v) is 27.1. The van der Waals surface area contributed by atoms with E-state index in [1.807, 2.05) is 11.3 Å². The van der Waals surface area contributed by atoms with Crippen LogP contribution in [0.3, 0.4) is 0 Å². The van der Waals surface area contributed by atoms with Crippen LogP contribution in [0.4, 0.5) is 17.1 Å². The largest absolute Gasteiger partial charge is 0.310 e. The molecule has 10 rings (SSSR count). The zero-order valence-electron chi connectivity index (χ0n) is 26.3. The van der Waals surface area contributed by atoms with Crippen LogP contribution in [0.15, 0.2) is 152 Å². The van der Waals surface area contributed by atoms with E-state index in [9.17, 15) is 0 Å². The van der Waals surface area contributed by atoms with E-state index in [4.69, 9.17) is 0 Å². The van der Waals surface area contributed by atoms with Crippen molar-refractivity contribution in [2.24, 2.45) is 0 Å². The van der Waals surface area contributed by atoms with Gasteiger partial charge in [0.2, 0.25) is 0 Å². The number of anilines is 3. The first-order valence-corrected chi connectivity index (χ1v) is 17.2. The van der Waals surface area contributed by atoms with E-state index in [0.717, 1.165) is 11.4 Å². The predicted molar refractivity (Wildman–Crippen MR) is 204 cm³/mol. The Labute approximate surface area is 278 Å². The molecule has 222 valence electrons. The Balaban J connectivity index is 1.26. The molecule has 9 aromatic rings. The van der Waals surface area contributed by atoms with Crippen molar-refractivity contribution in [2.45, 2.75) is 19.3 Å². The lowest BCUT2D eigenvalue weighted by Gasteiger charge is -2.27. The maximum absolute atomic E-state index is 2.44. The maximum atomic E-state index is 2.44. The normalized spacial score (nSPS) is 13.5. The number of hydrogen-bond acceptors (Lipinski definition) is 2. The van der Waals surface area contributed by atoms with Crippen LogP contribution in [-0.4, -0.2) is 0 Å². The molecule has 0 atom stereocenters. The van der Waals surface area contributed by atoms with Crippen LogP contribution >= 0.6 is 11.3 Å². The average Bonchev–Trinajstić information content (AvgIpc) is 3.61. The highest BCUT2D eigenvalue weighted by Gasteiger charge is 2.36. The summed E-state index contributed by atoms with van der Waals surface area (Å²) in [4.78, 5) is 2.44. The monoisotopic (exact) mass is 617 g/mol. The van der Waals surface area contributed by atoms with Crippen molar-refractivity contribution >= 4 is 80.9 Å². The van der Waals surface area contributed by atoms with Crippen LogP contribution < -0.4 is 4.90 Å². The number of thiophene rings is 1. The minimum absolute atomic E-state index is 0.0386. The summed E-state index contributed by atoms with van der Waals surface area (Å²) in [5.41, 5.74) is 9.06. The molecule has 8 aromatic carbocycles. The molecule has 0 aliphatic heterocycles. The molecule has 0 bridgehead atoms. The molecule has 0 spiro atoms. The van der Waals surface area contributed by atoms with E-state index < -0.39 is 0 Å². The second-order valence-electron chi connectivity index (χ2n) is 13.3. The summed E-state index contributed by atoms with van der Waals surface area (Å²) < 4.78 is 2.62. The minimum Gasteiger partial charge on any atom is -0.310 e. The van der Waals surface area contributed by atoms with E-state index in [-0.39, 0.29) is 5.41 Å². The Kier molecular flexibility index (Phi) is 5.57. The smallest absolute Gasteiger partial charge is 0.0554 e. The van der Waals surface area contributed by atoms with Crippen molar-refractivity contribution in [3.05, 3.63) is 163 Å². The highest BCUT2D eigenvalue weighted by Crippen LogP contribution is 2.53. The number of hydrogen-bond donors (Lipinski definition) is 0. The summed E-state index contributed by atoms with van der Waals surface area (Å²) in [5, 5.41) is 10.4. The first kappa shape index (κ1) is 26.7. The van der Waals surface area contributed by atoms with Crippen LogP contribution in [0.25, 0.3) is 63.6 Å². The third kappa shape index (κ3) is 3.77. The fraction of sp³-hybridized carbons (Fsp3) is 0.0667. The fourth-order valence-electron chi connectivity index (χ4n) is 8.24. The zero-order chi connectivity index (χ0) is 31.3. The average molecular weight is 618 g/mol. The summed E-state index contributed by atoms with van der Waals surface area (Å²) in [7, 11) is 0. The molecule has 1 aliphatic carbocycles. The molecule has 47 heavy (non-hydrogen) atoms. The van der Waals surface area contributed by atoms with Gasteiger partial charge < -0.3 is 4.90 Å². The standard InChI is InChI=1S/C45H31NS/c1-45(2)36-15-8-6-13-34(36)43-37(45)26-23-29-20-19-28-21-22-30-27-32(24-25-33(30)41(28)42(29)43)46(31-11-4-3-5-12-31)38-16-10-18-40-44(38)35-14-7-9-17-39(35)47-40/h3-27H,1-2H3. The van der Waals surface area contributed by atoms with Crippen LogP contribution in [-0.2, 0) is 5.41 Å². The van der Waals surface area contributed by atoms with Crippen LogP contribution in [0.2, 0.25) is 0 Å². The molecule has 0 saturated carbocycles. The molecule has 0 saturated heterocycles. The number of benzene rings is 8. The molecular weight excluding hydrogens is 587 g/mol. The van der Waals surface area contributed by atoms with Gasteiger partial charge in [0.05, 0.1) is 5.69 Å². The number of rotatable bonds is 3. The minimum atomic E-state index is -0.0386. The quantitative estimate of drug-likeness (QED) is 0.178. The predicted octanol–water partition coefficient (Wildman–Crippen LogP) is 13.3. The fourth-order valence-corrected chi connectivity index (χ4v) is 9.36. The van der Waals surface area contributed by atoms with Gasteiger partial charge in [-0.1, -0.05) is 123 Å². The summed E-state index contributed by atoms with van der Waals surface area (Å²) in [6.45, 7) is 4.74. The van der Waals surface area contributed by atoms with Gasteiger partial charge in [0.15, 0.2) is 0 Å². The SMILES string of the molecule is CC1(C)c2ccccc2-c2c1ccc1ccc3ccc4cc(N(c5ccccc5)c5cccc6sc7ccccc7c56)ccc4c3c21. The van der Waals surface area contributed by atoms with Crippen molar-refractivity contribution in [1.29, 1.82) is 0 Å². The number of fused-ring (bicyclic) bond motifs is 12. The molecule has 0 fully saturated rings. The molecule has 0 amide bonds. The Morgan fingerprint density at radius 2 is 1.17 bits per heavy atom. The second kappa shape index (κ2) is 9.78. The highest BCUT2D eigenvalue weighted by atomic mass is 32.1. The summed E-state index contributed by atoms with van der Waals surface area (Å²) >= 11 is 1.87. The number of nitrogens with zero attached hydrogens (tertiary/aromatic N) is 1. The molecule has 2 heteroatoms. The molecule has 0 radical (unpaired) electrons. The van der Waals surface area contributed by atoms with Gasteiger partial charge in [-0.05, 0) is 97.0 Å².